The molecule has 0 spiro atoms. The molecule has 20 heavy (non-hydrogen) atoms. The summed E-state index contributed by atoms with van der Waals surface area (Å²) in [5.41, 5.74) is -0.650. The Hall–Kier alpha value is -1.14. The van der Waals surface area contributed by atoms with Crippen LogP contribution in [0.15, 0.2) is 0 Å². The third-order valence-electron chi connectivity index (χ3n) is 3.91. The van der Waals surface area contributed by atoms with Gasteiger partial charge in [-0.2, -0.15) is 0 Å². The molecule has 1 saturated heterocycles. The average Bonchev–Trinajstić information content (AvgIpc) is 2.44. The third-order valence-corrected chi connectivity index (χ3v) is 3.91. The van der Waals surface area contributed by atoms with Gasteiger partial charge in [-0.15, -0.1) is 0 Å². The molecule has 0 radical (unpaired) electrons. The van der Waals surface area contributed by atoms with Crippen molar-refractivity contribution >= 4 is 11.9 Å². The highest BCUT2D eigenvalue weighted by molar-refractivity contribution is 5.79. The molecule has 0 bridgehead atoms. The van der Waals surface area contributed by atoms with Crippen molar-refractivity contribution in [3.05, 3.63) is 0 Å². The molecule has 1 fully saturated rings. The van der Waals surface area contributed by atoms with Crippen molar-refractivity contribution in [1.29, 1.82) is 0 Å². The predicted molar refractivity (Wildman–Crippen MR) is 73.5 cm³/mol. The van der Waals surface area contributed by atoms with Crippen LogP contribution in [0.4, 0.5) is 0 Å². The van der Waals surface area contributed by atoms with Crippen molar-refractivity contribution in [3.63, 3.8) is 0 Å². The van der Waals surface area contributed by atoms with Gasteiger partial charge in [-0.25, -0.2) is 0 Å². The number of amides is 1. The van der Waals surface area contributed by atoms with Crippen LogP contribution in [0.2, 0.25) is 0 Å². The van der Waals surface area contributed by atoms with Gasteiger partial charge in [-0.3, -0.25) is 9.59 Å². The molecule has 0 atom stereocenters. The van der Waals surface area contributed by atoms with E-state index in [0.29, 0.717) is 45.6 Å². The van der Waals surface area contributed by atoms with E-state index in [4.69, 9.17) is 9.47 Å². The second-order valence-electron chi connectivity index (χ2n) is 5.26. The number of likely N-dealkylation sites (tertiary alicyclic amines) is 1. The molecule has 116 valence electrons. The van der Waals surface area contributed by atoms with E-state index in [-0.39, 0.29) is 12.5 Å². The topological polar surface area (TPSA) is 76.1 Å². The fourth-order valence-corrected chi connectivity index (χ4v) is 2.63. The van der Waals surface area contributed by atoms with Crippen LogP contribution in [0, 0.1) is 5.41 Å². The first-order valence-corrected chi connectivity index (χ1v) is 7.13. The van der Waals surface area contributed by atoms with Crippen LogP contribution in [0.25, 0.3) is 0 Å². The predicted octanol–water partition coefficient (Wildman–Crippen LogP) is 1.14. The lowest BCUT2D eigenvalue weighted by Crippen LogP contribution is -2.47. The first-order valence-electron chi connectivity index (χ1n) is 7.13. The Morgan fingerprint density at radius 2 is 1.90 bits per heavy atom. The van der Waals surface area contributed by atoms with Gasteiger partial charge in [0.1, 0.15) is 6.61 Å². The summed E-state index contributed by atoms with van der Waals surface area (Å²) < 4.78 is 10.0. The van der Waals surface area contributed by atoms with Gasteiger partial charge in [0.25, 0.3) is 0 Å². The number of piperidine rings is 1. The van der Waals surface area contributed by atoms with Gasteiger partial charge in [0.2, 0.25) is 5.91 Å². The van der Waals surface area contributed by atoms with Crippen LogP contribution in [-0.2, 0) is 19.1 Å². The number of carbonyl (C=O) groups is 2. The summed E-state index contributed by atoms with van der Waals surface area (Å²) in [7, 11) is 1.58. The SMILES string of the molecule is CCCC1(C(=O)O)CCN(C(=O)COCCOC)CC1. The Morgan fingerprint density at radius 3 is 2.40 bits per heavy atom. The van der Waals surface area contributed by atoms with Gasteiger partial charge in [0.05, 0.1) is 18.6 Å². The van der Waals surface area contributed by atoms with Crippen LogP contribution in [-0.4, -0.2) is 61.9 Å². The van der Waals surface area contributed by atoms with Crippen LogP contribution in [0.1, 0.15) is 32.6 Å². The van der Waals surface area contributed by atoms with Crippen LogP contribution >= 0.6 is 0 Å². The molecular weight excluding hydrogens is 262 g/mol. The number of carboxylic acid groups (broad SMARTS) is 1. The molecule has 1 N–H and O–H groups in total. The monoisotopic (exact) mass is 287 g/mol. The van der Waals surface area contributed by atoms with Crippen molar-refractivity contribution in [1.82, 2.24) is 4.90 Å². The molecule has 0 aliphatic carbocycles. The van der Waals surface area contributed by atoms with E-state index in [1.165, 1.54) is 0 Å². The molecule has 1 aliphatic rings. The number of ether oxygens (including phenoxy) is 2. The van der Waals surface area contributed by atoms with Crippen molar-refractivity contribution < 1.29 is 24.2 Å². The Kier molecular flexibility index (Phi) is 6.95. The highest BCUT2D eigenvalue weighted by Crippen LogP contribution is 2.36. The maximum absolute atomic E-state index is 11.9. The average molecular weight is 287 g/mol. The van der Waals surface area contributed by atoms with Gasteiger partial charge in [0.15, 0.2) is 0 Å². The number of carbonyl (C=O) groups excluding carboxylic acids is 1. The normalized spacial score (nSPS) is 18.0. The lowest BCUT2D eigenvalue weighted by molar-refractivity contribution is -0.155. The standard InChI is InChI=1S/C14H25NO5/c1-3-4-14(13(17)18)5-7-15(8-6-14)12(16)11-20-10-9-19-2/h3-11H2,1-2H3,(H,17,18). The molecule has 1 rings (SSSR count). The summed E-state index contributed by atoms with van der Waals surface area (Å²) in [4.78, 5) is 25.1. The number of nitrogens with zero attached hydrogens (tertiary/aromatic N) is 1. The number of rotatable bonds is 8. The first kappa shape index (κ1) is 16.9. The lowest BCUT2D eigenvalue weighted by Gasteiger charge is -2.38. The lowest BCUT2D eigenvalue weighted by atomic mass is 9.75. The minimum atomic E-state index is -0.734. The summed E-state index contributed by atoms with van der Waals surface area (Å²) in [6, 6.07) is 0. The zero-order valence-electron chi connectivity index (χ0n) is 12.4. The van der Waals surface area contributed by atoms with Crippen molar-refractivity contribution in [2.75, 3.05) is 40.0 Å². The quantitative estimate of drug-likeness (QED) is 0.678. The fraction of sp³-hybridized carbons (Fsp3) is 0.857. The Labute approximate surface area is 120 Å². The van der Waals surface area contributed by atoms with Gasteiger partial charge < -0.3 is 19.5 Å². The van der Waals surface area contributed by atoms with Crippen LogP contribution < -0.4 is 0 Å². The second-order valence-corrected chi connectivity index (χ2v) is 5.26. The van der Waals surface area contributed by atoms with Gasteiger partial charge in [0, 0.05) is 20.2 Å². The van der Waals surface area contributed by atoms with Gasteiger partial charge in [-0.05, 0) is 19.3 Å². The van der Waals surface area contributed by atoms with E-state index in [9.17, 15) is 14.7 Å². The molecule has 6 nitrogen and oxygen atoms in total. The van der Waals surface area contributed by atoms with Gasteiger partial charge >= 0.3 is 5.97 Å². The summed E-state index contributed by atoms with van der Waals surface area (Å²) in [5.74, 6) is -0.806. The highest BCUT2D eigenvalue weighted by atomic mass is 16.5. The molecule has 0 aromatic heterocycles. The second kappa shape index (κ2) is 8.21. The molecule has 1 aliphatic heterocycles. The maximum atomic E-state index is 11.9. The van der Waals surface area contributed by atoms with Gasteiger partial charge in [-0.1, -0.05) is 13.3 Å². The van der Waals surface area contributed by atoms with E-state index in [1.54, 1.807) is 12.0 Å². The first-order chi connectivity index (χ1) is 9.55. The Morgan fingerprint density at radius 1 is 1.25 bits per heavy atom. The highest BCUT2D eigenvalue weighted by Gasteiger charge is 2.41. The molecule has 1 heterocycles. The summed E-state index contributed by atoms with van der Waals surface area (Å²) in [6.45, 7) is 3.89. The molecule has 1 amide bonds. The molecule has 0 saturated carbocycles. The minimum absolute atomic E-state index is 0.0389. The Bertz CT molecular complexity index is 324. The van der Waals surface area contributed by atoms with E-state index >= 15 is 0 Å². The van der Waals surface area contributed by atoms with E-state index in [1.807, 2.05) is 6.92 Å². The fourth-order valence-electron chi connectivity index (χ4n) is 2.63. The largest absolute Gasteiger partial charge is 0.481 e. The number of hydrogen-bond donors (Lipinski definition) is 1. The summed E-state index contributed by atoms with van der Waals surface area (Å²) in [6.07, 6.45) is 2.58. The smallest absolute Gasteiger partial charge is 0.309 e. The van der Waals surface area contributed by atoms with E-state index < -0.39 is 11.4 Å². The number of hydrogen-bond acceptors (Lipinski definition) is 4. The summed E-state index contributed by atoms with van der Waals surface area (Å²) >= 11 is 0. The molecule has 6 heteroatoms. The van der Waals surface area contributed by atoms with Crippen LogP contribution in [0.5, 0.6) is 0 Å². The number of aliphatic carboxylic acids is 1. The summed E-state index contributed by atoms with van der Waals surface area (Å²) in [5, 5.41) is 9.40. The molecule has 0 aromatic rings. The van der Waals surface area contributed by atoms with Crippen molar-refractivity contribution in [3.8, 4) is 0 Å². The zero-order chi connectivity index (χ0) is 15.0. The van der Waals surface area contributed by atoms with Crippen molar-refractivity contribution in [2.24, 2.45) is 5.41 Å². The molecule has 0 unspecified atom stereocenters. The Balaban J connectivity index is 2.40. The minimum Gasteiger partial charge on any atom is -0.481 e. The third kappa shape index (κ3) is 4.45. The van der Waals surface area contributed by atoms with Crippen molar-refractivity contribution in [2.45, 2.75) is 32.6 Å². The van der Waals surface area contributed by atoms with Crippen LogP contribution in [0.3, 0.4) is 0 Å². The number of methoxy groups -OCH3 is 1. The van der Waals surface area contributed by atoms with E-state index in [2.05, 4.69) is 0 Å². The van der Waals surface area contributed by atoms with E-state index in [0.717, 1.165) is 6.42 Å². The molecule has 0 aromatic carbocycles. The molecular formula is C14H25NO5. The maximum Gasteiger partial charge on any atom is 0.309 e. The zero-order valence-corrected chi connectivity index (χ0v) is 12.4. The number of carboxylic acids is 1.